The Morgan fingerprint density at radius 1 is 1.30 bits per heavy atom. The summed E-state index contributed by atoms with van der Waals surface area (Å²) in [5, 5.41) is 5.13. The van der Waals surface area contributed by atoms with Crippen molar-refractivity contribution in [1.29, 1.82) is 0 Å². The summed E-state index contributed by atoms with van der Waals surface area (Å²) in [6.07, 6.45) is 0.815. The Morgan fingerprint density at radius 2 is 2.00 bits per heavy atom. The van der Waals surface area contributed by atoms with Gasteiger partial charge in [0.05, 0.1) is 12.5 Å². The van der Waals surface area contributed by atoms with E-state index in [1.54, 1.807) is 6.07 Å². The van der Waals surface area contributed by atoms with Crippen LogP contribution in [0.4, 0.5) is 5.69 Å². The van der Waals surface area contributed by atoms with E-state index in [1.165, 1.54) is 0 Å². The van der Waals surface area contributed by atoms with E-state index in [2.05, 4.69) is 26.6 Å². The molecule has 0 radical (unpaired) electrons. The minimum Gasteiger partial charge on any atom is -0.455 e. The monoisotopic (exact) mass is 382 g/mol. The summed E-state index contributed by atoms with van der Waals surface area (Å²) >= 11 is 3.35. The molecule has 0 saturated heterocycles. The molecule has 1 saturated carbocycles. The first kappa shape index (κ1) is 17.5. The number of ether oxygens (including phenoxy) is 1. The van der Waals surface area contributed by atoms with Crippen molar-refractivity contribution in [2.24, 2.45) is 11.8 Å². The van der Waals surface area contributed by atoms with Gasteiger partial charge in [0, 0.05) is 10.2 Å². The molecule has 0 bridgehead atoms. The van der Waals surface area contributed by atoms with E-state index in [-0.39, 0.29) is 30.9 Å². The SMILES string of the molecule is Cc1cc(Br)ccc1NC(=O)CNC(=O)COC(=O)[C@H]1C[C@H]1C. The molecule has 1 aromatic carbocycles. The molecular formula is C16H19BrN2O4. The van der Waals surface area contributed by atoms with E-state index in [0.717, 1.165) is 16.5 Å². The van der Waals surface area contributed by atoms with Gasteiger partial charge in [0.25, 0.3) is 5.91 Å². The van der Waals surface area contributed by atoms with E-state index in [1.807, 2.05) is 26.0 Å². The van der Waals surface area contributed by atoms with Crippen molar-refractivity contribution in [2.45, 2.75) is 20.3 Å². The molecule has 2 amide bonds. The normalized spacial score (nSPS) is 18.9. The third-order valence-corrected chi connectivity index (χ3v) is 4.16. The van der Waals surface area contributed by atoms with Crippen LogP contribution in [-0.4, -0.2) is 30.9 Å². The molecule has 6 nitrogen and oxygen atoms in total. The van der Waals surface area contributed by atoms with Crippen LogP contribution in [0.3, 0.4) is 0 Å². The van der Waals surface area contributed by atoms with Gasteiger partial charge in [-0.25, -0.2) is 0 Å². The molecule has 0 heterocycles. The molecule has 124 valence electrons. The molecule has 1 aliphatic rings. The van der Waals surface area contributed by atoms with Crippen LogP contribution in [0.5, 0.6) is 0 Å². The van der Waals surface area contributed by atoms with Crippen molar-refractivity contribution in [1.82, 2.24) is 5.32 Å². The van der Waals surface area contributed by atoms with Crippen LogP contribution in [0.1, 0.15) is 18.9 Å². The fourth-order valence-electron chi connectivity index (χ4n) is 2.09. The van der Waals surface area contributed by atoms with Crippen molar-refractivity contribution in [3.8, 4) is 0 Å². The lowest BCUT2D eigenvalue weighted by Crippen LogP contribution is -2.35. The Kier molecular flexibility index (Phi) is 5.76. The summed E-state index contributed by atoms with van der Waals surface area (Å²) in [6, 6.07) is 5.48. The van der Waals surface area contributed by atoms with Gasteiger partial charge in [-0.3, -0.25) is 14.4 Å². The second-order valence-electron chi connectivity index (χ2n) is 5.71. The number of carbonyl (C=O) groups excluding carboxylic acids is 3. The lowest BCUT2D eigenvalue weighted by Gasteiger charge is -2.10. The van der Waals surface area contributed by atoms with Gasteiger partial charge in [-0.2, -0.15) is 0 Å². The minimum absolute atomic E-state index is 0.0773. The quantitative estimate of drug-likeness (QED) is 0.737. The lowest BCUT2D eigenvalue weighted by atomic mass is 10.2. The number of amides is 2. The molecule has 2 rings (SSSR count). The van der Waals surface area contributed by atoms with Crippen LogP contribution in [0.2, 0.25) is 0 Å². The smallest absolute Gasteiger partial charge is 0.309 e. The van der Waals surface area contributed by atoms with Crippen LogP contribution >= 0.6 is 15.9 Å². The summed E-state index contributed by atoms with van der Waals surface area (Å²) in [5.74, 6) is -0.917. The number of hydrogen-bond acceptors (Lipinski definition) is 4. The number of anilines is 1. The van der Waals surface area contributed by atoms with Crippen molar-refractivity contribution < 1.29 is 19.1 Å². The number of hydrogen-bond donors (Lipinski definition) is 2. The Morgan fingerprint density at radius 3 is 2.61 bits per heavy atom. The minimum atomic E-state index is -0.491. The fraction of sp³-hybridized carbons (Fsp3) is 0.438. The van der Waals surface area contributed by atoms with Crippen molar-refractivity contribution in [2.75, 3.05) is 18.5 Å². The first-order chi connectivity index (χ1) is 10.9. The van der Waals surface area contributed by atoms with Crippen LogP contribution in [0, 0.1) is 18.8 Å². The Balaban J connectivity index is 1.69. The zero-order chi connectivity index (χ0) is 17.0. The van der Waals surface area contributed by atoms with E-state index >= 15 is 0 Å². The average Bonchev–Trinajstić information content (AvgIpc) is 3.22. The summed E-state index contributed by atoms with van der Waals surface area (Å²) < 4.78 is 5.82. The molecule has 1 aliphatic carbocycles. The molecule has 2 atom stereocenters. The number of benzene rings is 1. The van der Waals surface area contributed by atoms with Crippen molar-refractivity contribution in [3.63, 3.8) is 0 Å². The topological polar surface area (TPSA) is 84.5 Å². The highest BCUT2D eigenvalue weighted by atomic mass is 79.9. The number of rotatable bonds is 6. The van der Waals surface area contributed by atoms with Crippen molar-refractivity contribution in [3.05, 3.63) is 28.2 Å². The Labute approximate surface area is 143 Å². The second kappa shape index (κ2) is 7.59. The van der Waals surface area contributed by atoms with E-state index in [0.29, 0.717) is 11.6 Å². The van der Waals surface area contributed by atoms with Gasteiger partial charge in [0.1, 0.15) is 0 Å². The summed E-state index contributed by atoms with van der Waals surface area (Å²) in [4.78, 5) is 34.9. The largest absolute Gasteiger partial charge is 0.455 e. The molecule has 1 aromatic rings. The second-order valence-corrected chi connectivity index (χ2v) is 6.63. The molecule has 2 N–H and O–H groups in total. The number of carbonyl (C=O) groups is 3. The van der Waals surface area contributed by atoms with Crippen LogP contribution in [0.25, 0.3) is 0 Å². The van der Waals surface area contributed by atoms with Gasteiger partial charge in [-0.1, -0.05) is 22.9 Å². The third kappa shape index (κ3) is 5.35. The molecule has 1 fully saturated rings. The van der Waals surface area contributed by atoms with Crippen LogP contribution in [0.15, 0.2) is 22.7 Å². The van der Waals surface area contributed by atoms with Crippen LogP contribution < -0.4 is 10.6 Å². The molecule has 7 heteroatoms. The van der Waals surface area contributed by atoms with Gasteiger partial charge < -0.3 is 15.4 Å². The van der Waals surface area contributed by atoms with Crippen molar-refractivity contribution >= 4 is 39.4 Å². The van der Waals surface area contributed by atoms with Gasteiger partial charge >= 0.3 is 5.97 Å². The molecule has 0 unspecified atom stereocenters. The molecule has 0 aromatic heterocycles. The van der Waals surface area contributed by atoms with Gasteiger partial charge in [-0.15, -0.1) is 0 Å². The first-order valence-electron chi connectivity index (χ1n) is 7.36. The maximum Gasteiger partial charge on any atom is 0.309 e. The highest BCUT2D eigenvalue weighted by Crippen LogP contribution is 2.38. The predicted molar refractivity (Wildman–Crippen MR) is 88.7 cm³/mol. The summed E-state index contributed by atoms with van der Waals surface area (Å²) in [5.41, 5.74) is 1.59. The molecule has 0 spiro atoms. The highest BCUT2D eigenvalue weighted by molar-refractivity contribution is 9.10. The van der Waals surface area contributed by atoms with E-state index in [9.17, 15) is 14.4 Å². The maximum atomic E-state index is 11.8. The van der Waals surface area contributed by atoms with E-state index in [4.69, 9.17) is 4.74 Å². The average molecular weight is 383 g/mol. The van der Waals surface area contributed by atoms with Gasteiger partial charge in [0.15, 0.2) is 6.61 Å². The predicted octanol–water partition coefficient (Wildman–Crippen LogP) is 2.01. The van der Waals surface area contributed by atoms with Crippen LogP contribution in [-0.2, 0) is 19.1 Å². The third-order valence-electron chi connectivity index (χ3n) is 3.67. The molecule has 0 aliphatic heterocycles. The maximum absolute atomic E-state index is 11.8. The molecular weight excluding hydrogens is 364 g/mol. The van der Waals surface area contributed by atoms with Gasteiger partial charge in [0.2, 0.25) is 5.91 Å². The number of esters is 1. The lowest BCUT2D eigenvalue weighted by molar-refractivity contribution is -0.150. The van der Waals surface area contributed by atoms with E-state index < -0.39 is 5.91 Å². The standard InChI is InChI=1S/C16H19BrN2O4/c1-9-6-12(9)16(22)23-8-15(21)18-7-14(20)19-13-4-3-11(17)5-10(13)2/h3-5,9,12H,6-8H2,1-2H3,(H,18,21)(H,19,20)/t9-,12+/m1/s1. The Bertz CT molecular complexity index is 633. The highest BCUT2D eigenvalue weighted by Gasteiger charge is 2.40. The number of aryl methyl sites for hydroxylation is 1. The number of halogens is 1. The zero-order valence-corrected chi connectivity index (χ0v) is 14.6. The summed E-state index contributed by atoms with van der Waals surface area (Å²) in [6.45, 7) is 3.30. The summed E-state index contributed by atoms with van der Waals surface area (Å²) in [7, 11) is 0. The Hall–Kier alpha value is -1.89. The fourth-order valence-corrected chi connectivity index (χ4v) is 2.56. The molecule has 23 heavy (non-hydrogen) atoms. The number of nitrogens with one attached hydrogen (secondary N) is 2. The van der Waals surface area contributed by atoms with Gasteiger partial charge in [-0.05, 0) is 43.0 Å². The zero-order valence-electron chi connectivity index (χ0n) is 13.0. The first-order valence-corrected chi connectivity index (χ1v) is 8.15.